The number of nitro benzene ring substituents is 1. The van der Waals surface area contributed by atoms with E-state index < -0.39 is 16.4 Å². The molecule has 1 aromatic carbocycles. The standard InChI is InChI=1S/C14H17FN4O2/c1-3-13(16-2)11-7-17-18(9-11)8-10-4-5-14(19(20)21)12(15)6-10/h4-7,9,13,16H,3,8H2,1-2H3. The molecule has 0 saturated carbocycles. The molecule has 21 heavy (non-hydrogen) atoms. The molecule has 1 atom stereocenters. The van der Waals surface area contributed by atoms with Crippen LogP contribution in [0.15, 0.2) is 30.6 Å². The Morgan fingerprint density at radius 3 is 2.86 bits per heavy atom. The first-order valence-corrected chi connectivity index (χ1v) is 6.67. The van der Waals surface area contributed by atoms with E-state index in [1.54, 1.807) is 10.9 Å². The van der Waals surface area contributed by atoms with Gasteiger partial charge in [0.05, 0.1) is 17.7 Å². The predicted octanol–water partition coefficient (Wildman–Crippen LogP) is 2.65. The van der Waals surface area contributed by atoms with E-state index in [0.717, 1.165) is 12.0 Å². The second-order valence-corrected chi connectivity index (χ2v) is 4.76. The fourth-order valence-electron chi connectivity index (χ4n) is 2.24. The highest BCUT2D eigenvalue weighted by molar-refractivity contribution is 5.35. The number of nitro groups is 1. The molecule has 0 amide bonds. The van der Waals surface area contributed by atoms with Gasteiger partial charge in [0, 0.05) is 23.9 Å². The molecule has 2 aromatic rings. The molecular formula is C14H17FN4O2. The first kappa shape index (κ1) is 15.1. The van der Waals surface area contributed by atoms with Gasteiger partial charge in [-0.3, -0.25) is 14.8 Å². The van der Waals surface area contributed by atoms with Crippen LogP contribution in [0.3, 0.4) is 0 Å². The summed E-state index contributed by atoms with van der Waals surface area (Å²) in [6, 6.07) is 4.12. The normalized spacial score (nSPS) is 12.3. The van der Waals surface area contributed by atoms with Gasteiger partial charge in [-0.1, -0.05) is 13.0 Å². The Kier molecular flexibility index (Phi) is 4.64. The summed E-state index contributed by atoms with van der Waals surface area (Å²) in [6.45, 7) is 2.44. The fourth-order valence-corrected chi connectivity index (χ4v) is 2.24. The number of hydrogen-bond acceptors (Lipinski definition) is 4. The van der Waals surface area contributed by atoms with Gasteiger partial charge in [-0.2, -0.15) is 9.49 Å². The Morgan fingerprint density at radius 1 is 1.52 bits per heavy atom. The van der Waals surface area contributed by atoms with Crippen LogP contribution in [0.1, 0.15) is 30.5 Å². The Labute approximate surface area is 121 Å². The highest BCUT2D eigenvalue weighted by Crippen LogP contribution is 2.19. The van der Waals surface area contributed by atoms with Crippen molar-refractivity contribution in [3.05, 3.63) is 57.7 Å². The van der Waals surface area contributed by atoms with Gasteiger partial charge in [-0.25, -0.2) is 0 Å². The molecule has 0 bridgehead atoms. The molecular weight excluding hydrogens is 275 g/mol. The van der Waals surface area contributed by atoms with Crippen LogP contribution in [0.25, 0.3) is 0 Å². The van der Waals surface area contributed by atoms with Crippen LogP contribution < -0.4 is 5.32 Å². The molecule has 1 N–H and O–H groups in total. The van der Waals surface area contributed by atoms with Gasteiger partial charge in [-0.15, -0.1) is 0 Å². The summed E-state index contributed by atoms with van der Waals surface area (Å²) in [5, 5.41) is 18.0. The zero-order chi connectivity index (χ0) is 15.4. The van der Waals surface area contributed by atoms with E-state index in [9.17, 15) is 14.5 Å². The maximum Gasteiger partial charge on any atom is 0.304 e. The molecule has 0 aliphatic heterocycles. The molecule has 0 radical (unpaired) electrons. The summed E-state index contributed by atoms with van der Waals surface area (Å²) in [5.41, 5.74) is 1.17. The Bertz CT molecular complexity index is 638. The summed E-state index contributed by atoms with van der Waals surface area (Å²) in [7, 11) is 1.89. The van der Waals surface area contributed by atoms with E-state index in [2.05, 4.69) is 17.3 Å². The maximum atomic E-state index is 13.6. The number of nitrogens with zero attached hydrogens (tertiary/aromatic N) is 3. The molecule has 7 heteroatoms. The van der Waals surface area contributed by atoms with Crippen LogP contribution in [-0.4, -0.2) is 21.8 Å². The van der Waals surface area contributed by atoms with Gasteiger partial charge in [0.2, 0.25) is 5.82 Å². The second-order valence-electron chi connectivity index (χ2n) is 4.76. The van der Waals surface area contributed by atoms with Gasteiger partial charge in [0.15, 0.2) is 0 Å². The summed E-state index contributed by atoms with van der Waals surface area (Å²) in [6.07, 6.45) is 4.60. The van der Waals surface area contributed by atoms with Gasteiger partial charge < -0.3 is 5.32 Å². The molecule has 0 saturated heterocycles. The smallest absolute Gasteiger partial charge is 0.304 e. The molecule has 0 fully saturated rings. The van der Waals surface area contributed by atoms with E-state index in [0.29, 0.717) is 12.1 Å². The molecule has 0 aliphatic rings. The third kappa shape index (κ3) is 3.43. The van der Waals surface area contributed by atoms with Crippen molar-refractivity contribution in [1.29, 1.82) is 0 Å². The number of halogens is 1. The summed E-state index contributed by atoms with van der Waals surface area (Å²) in [5.74, 6) is -0.827. The molecule has 112 valence electrons. The lowest BCUT2D eigenvalue weighted by atomic mass is 10.1. The molecule has 1 heterocycles. The van der Waals surface area contributed by atoms with Crippen molar-refractivity contribution < 1.29 is 9.31 Å². The van der Waals surface area contributed by atoms with Gasteiger partial charge >= 0.3 is 5.69 Å². The minimum atomic E-state index is -0.827. The van der Waals surface area contributed by atoms with Crippen molar-refractivity contribution in [2.45, 2.75) is 25.9 Å². The van der Waals surface area contributed by atoms with Crippen LogP contribution in [-0.2, 0) is 6.54 Å². The van der Waals surface area contributed by atoms with Gasteiger partial charge in [0.25, 0.3) is 0 Å². The highest BCUT2D eigenvalue weighted by Gasteiger charge is 2.14. The fraction of sp³-hybridized carbons (Fsp3) is 0.357. The van der Waals surface area contributed by atoms with Crippen molar-refractivity contribution in [2.24, 2.45) is 0 Å². The third-order valence-corrected chi connectivity index (χ3v) is 3.37. The summed E-state index contributed by atoms with van der Waals surface area (Å²) >= 11 is 0. The van der Waals surface area contributed by atoms with E-state index in [1.807, 2.05) is 13.2 Å². The molecule has 2 rings (SSSR count). The van der Waals surface area contributed by atoms with E-state index in [1.165, 1.54) is 18.2 Å². The Balaban J connectivity index is 2.15. The van der Waals surface area contributed by atoms with Crippen molar-refractivity contribution in [3.8, 4) is 0 Å². The van der Waals surface area contributed by atoms with E-state index in [-0.39, 0.29) is 6.04 Å². The first-order chi connectivity index (χ1) is 10.0. The summed E-state index contributed by atoms with van der Waals surface area (Å²) < 4.78 is 15.3. The zero-order valence-corrected chi connectivity index (χ0v) is 11.9. The first-order valence-electron chi connectivity index (χ1n) is 6.67. The lowest BCUT2D eigenvalue weighted by Gasteiger charge is -2.10. The maximum absolute atomic E-state index is 13.6. The number of rotatable bonds is 6. The predicted molar refractivity (Wildman–Crippen MR) is 76.5 cm³/mol. The minimum Gasteiger partial charge on any atom is -0.313 e. The topological polar surface area (TPSA) is 73.0 Å². The van der Waals surface area contributed by atoms with Crippen LogP contribution in [0, 0.1) is 15.9 Å². The van der Waals surface area contributed by atoms with Crippen molar-refractivity contribution in [2.75, 3.05) is 7.05 Å². The lowest BCUT2D eigenvalue weighted by Crippen LogP contribution is -2.14. The number of hydrogen-bond donors (Lipinski definition) is 1. The van der Waals surface area contributed by atoms with Gasteiger partial charge in [-0.05, 0) is 25.1 Å². The molecule has 0 spiro atoms. The van der Waals surface area contributed by atoms with Crippen LogP contribution in [0.2, 0.25) is 0 Å². The second kappa shape index (κ2) is 6.45. The van der Waals surface area contributed by atoms with E-state index >= 15 is 0 Å². The monoisotopic (exact) mass is 292 g/mol. The number of nitrogens with one attached hydrogen (secondary N) is 1. The molecule has 0 aliphatic carbocycles. The van der Waals surface area contributed by atoms with Crippen molar-refractivity contribution in [1.82, 2.24) is 15.1 Å². The number of benzene rings is 1. The SMILES string of the molecule is CCC(NC)c1cnn(Cc2ccc([N+](=O)[O-])c(F)c2)c1. The van der Waals surface area contributed by atoms with Crippen LogP contribution in [0.5, 0.6) is 0 Å². The zero-order valence-electron chi connectivity index (χ0n) is 11.9. The van der Waals surface area contributed by atoms with Crippen molar-refractivity contribution in [3.63, 3.8) is 0 Å². The number of aromatic nitrogens is 2. The average Bonchev–Trinajstić information content (AvgIpc) is 2.88. The highest BCUT2D eigenvalue weighted by atomic mass is 19.1. The van der Waals surface area contributed by atoms with Crippen LogP contribution in [0.4, 0.5) is 10.1 Å². The Hall–Kier alpha value is -2.28. The van der Waals surface area contributed by atoms with E-state index in [4.69, 9.17) is 0 Å². The lowest BCUT2D eigenvalue weighted by molar-refractivity contribution is -0.387. The summed E-state index contributed by atoms with van der Waals surface area (Å²) in [4.78, 5) is 9.84. The molecule has 1 aromatic heterocycles. The van der Waals surface area contributed by atoms with Crippen molar-refractivity contribution >= 4 is 5.69 Å². The quantitative estimate of drug-likeness (QED) is 0.656. The molecule has 6 nitrogen and oxygen atoms in total. The Morgan fingerprint density at radius 2 is 2.29 bits per heavy atom. The molecule has 1 unspecified atom stereocenters. The third-order valence-electron chi connectivity index (χ3n) is 3.37. The van der Waals surface area contributed by atoms with Crippen LogP contribution >= 0.6 is 0 Å². The minimum absolute atomic E-state index is 0.229. The van der Waals surface area contributed by atoms with Gasteiger partial charge in [0.1, 0.15) is 0 Å². The average molecular weight is 292 g/mol. The largest absolute Gasteiger partial charge is 0.313 e.